The van der Waals surface area contributed by atoms with Gasteiger partial charge in [-0.1, -0.05) is 30.3 Å². The molecule has 0 bridgehead atoms. The number of hydrogen-bond acceptors (Lipinski definition) is 2. The number of carbonyl (C=O) groups is 1. The Labute approximate surface area is 123 Å². The van der Waals surface area contributed by atoms with Gasteiger partial charge in [-0.3, -0.25) is 4.79 Å². The number of rotatable bonds is 3. The lowest BCUT2D eigenvalue weighted by atomic mass is 10.1. The molecule has 1 amide bonds. The summed E-state index contributed by atoms with van der Waals surface area (Å²) in [6.45, 7) is 0.600. The van der Waals surface area contributed by atoms with Crippen molar-refractivity contribution in [1.82, 2.24) is 14.5 Å². The molecule has 0 saturated heterocycles. The Hall–Kier alpha value is -2.62. The van der Waals surface area contributed by atoms with Crippen LogP contribution in [0.25, 0.3) is 11.0 Å². The van der Waals surface area contributed by atoms with Crippen molar-refractivity contribution in [2.75, 3.05) is 7.05 Å². The fourth-order valence-electron chi connectivity index (χ4n) is 2.41. The van der Waals surface area contributed by atoms with Crippen LogP contribution in [0.4, 0.5) is 0 Å². The molecule has 0 aliphatic heterocycles. The van der Waals surface area contributed by atoms with Crippen LogP contribution in [0.2, 0.25) is 0 Å². The predicted octanol–water partition coefficient (Wildman–Crippen LogP) is 2.85. The zero-order valence-electron chi connectivity index (χ0n) is 12.2. The van der Waals surface area contributed by atoms with Gasteiger partial charge in [0.25, 0.3) is 5.91 Å². The standard InChI is InChI=1S/C17H17N3O/c1-19(11-13-6-4-3-5-7-13)17(21)14-8-9-15-16(10-14)20(2)12-18-15/h3-10,12H,11H2,1-2H3. The Bertz CT molecular complexity index is 777. The molecule has 0 N–H and O–H groups in total. The first-order valence-electron chi connectivity index (χ1n) is 6.85. The van der Waals surface area contributed by atoms with Gasteiger partial charge >= 0.3 is 0 Å². The lowest BCUT2D eigenvalue weighted by Gasteiger charge is -2.17. The van der Waals surface area contributed by atoms with Crippen LogP contribution in [0.3, 0.4) is 0 Å². The summed E-state index contributed by atoms with van der Waals surface area (Å²) in [6.07, 6.45) is 1.76. The molecule has 1 heterocycles. The number of benzene rings is 2. The van der Waals surface area contributed by atoms with Crippen molar-refractivity contribution in [2.24, 2.45) is 7.05 Å². The van der Waals surface area contributed by atoms with Crippen molar-refractivity contribution in [2.45, 2.75) is 6.54 Å². The molecule has 3 aromatic rings. The molecule has 106 valence electrons. The van der Waals surface area contributed by atoms with Crippen LogP contribution >= 0.6 is 0 Å². The van der Waals surface area contributed by atoms with E-state index in [2.05, 4.69) is 4.98 Å². The molecule has 4 heteroatoms. The van der Waals surface area contributed by atoms with E-state index >= 15 is 0 Å². The van der Waals surface area contributed by atoms with Crippen LogP contribution in [-0.4, -0.2) is 27.4 Å². The van der Waals surface area contributed by atoms with Gasteiger partial charge in [0.05, 0.1) is 17.4 Å². The van der Waals surface area contributed by atoms with Crippen molar-refractivity contribution >= 4 is 16.9 Å². The molecule has 0 atom stereocenters. The van der Waals surface area contributed by atoms with Crippen molar-refractivity contribution < 1.29 is 4.79 Å². The molecule has 3 rings (SSSR count). The van der Waals surface area contributed by atoms with E-state index in [4.69, 9.17) is 0 Å². The number of aryl methyl sites for hydroxylation is 1. The van der Waals surface area contributed by atoms with E-state index < -0.39 is 0 Å². The van der Waals surface area contributed by atoms with E-state index in [-0.39, 0.29) is 5.91 Å². The van der Waals surface area contributed by atoms with Gasteiger partial charge in [0, 0.05) is 26.2 Å². The van der Waals surface area contributed by atoms with E-state index in [1.807, 2.05) is 67.2 Å². The summed E-state index contributed by atoms with van der Waals surface area (Å²) in [4.78, 5) is 18.5. The largest absolute Gasteiger partial charge is 0.337 e. The lowest BCUT2D eigenvalue weighted by Crippen LogP contribution is -2.26. The summed E-state index contributed by atoms with van der Waals surface area (Å²) in [6, 6.07) is 15.6. The first-order chi connectivity index (χ1) is 10.1. The van der Waals surface area contributed by atoms with Crippen molar-refractivity contribution in [3.8, 4) is 0 Å². The predicted molar refractivity (Wildman–Crippen MR) is 83.0 cm³/mol. The van der Waals surface area contributed by atoms with E-state index in [0.29, 0.717) is 12.1 Å². The Balaban J connectivity index is 1.84. The third-order valence-electron chi connectivity index (χ3n) is 3.58. The van der Waals surface area contributed by atoms with Gasteiger partial charge in [-0.05, 0) is 23.8 Å². The van der Waals surface area contributed by atoms with Gasteiger partial charge in [0.1, 0.15) is 0 Å². The molecule has 21 heavy (non-hydrogen) atoms. The highest BCUT2D eigenvalue weighted by molar-refractivity contribution is 5.97. The maximum atomic E-state index is 12.5. The van der Waals surface area contributed by atoms with Gasteiger partial charge < -0.3 is 9.47 Å². The number of nitrogens with zero attached hydrogens (tertiary/aromatic N) is 3. The number of imidazole rings is 1. The second-order valence-corrected chi connectivity index (χ2v) is 5.21. The summed E-state index contributed by atoms with van der Waals surface area (Å²) in [5.74, 6) is 0.0157. The fourth-order valence-corrected chi connectivity index (χ4v) is 2.41. The molecular weight excluding hydrogens is 262 g/mol. The lowest BCUT2D eigenvalue weighted by molar-refractivity contribution is 0.0785. The first kappa shape index (κ1) is 13.4. The van der Waals surface area contributed by atoms with Crippen LogP contribution in [0, 0.1) is 0 Å². The monoisotopic (exact) mass is 279 g/mol. The first-order valence-corrected chi connectivity index (χ1v) is 6.85. The van der Waals surface area contributed by atoms with Crippen LogP contribution in [0.1, 0.15) is 15.9 Å². The molecule has 0 spiro atoms. The zero-order chi connectivity index (χ0) is 14.8. The highest BCUT2D eigenvalue weighted by Gasteiger charge is 2.13. The second kappa shape index (κ2) is 5.40. The van der Waals surface area contributed by atoms with Crippen molar-refractivity contribution in [1.29, 1.82) is 0 Å². The van der Waals surface area contributed by atoms with Gasteiger partial charge in [0.15, 0.2) is 0 Å². The minimum absolute atomic E-state index is 0.0157. The molecule has 2 aromatic carbocycles. The quantitative estimate of drug-likeness (QED) is 0.739. The third-order valence-corrected chi connectivity index (χ3v) is 3.58. The second-order valence-electron chi connectivity index (χ2n) is 5.21. The third kappa shape index (κ3) is 2.65. The number of aromatic nitrogens is 2. The Kier molecular flexibility index (Phi) is 3.44. The van der Waals surface area contributed by atoms with Crippen LogP contribution < -0.4 is 0 Å². The molecule has 0 unspecified atom stereocenters. The Morgan fingerprint density at radius 2 is 1.95 bits per heavy atom. The molecule has 0 radical (unpaired) electrons. The number of carbonyl (C=O) groups excluding carboxylic acids is 1. The van der Waals surface area contributed by atoms with Gasteiger partial charge in [-0.25, -0.2) is 4.98 Å². The van der Waals surface area contributed by atoms with Crippen molar-refractivity contribution in [3.63, 3.8) is 0 Å². The topological polar surface area (TPSA) is 38.1 Å². The number of amides is 1. The highest BCUT2D eigenvalue weighted by atomic mass is 16.2. The molecule has 0 fully saturated rings. The van der Waals surface area contributed by atoms with Gasteiger partial charge in [-0.2, -0.15) is 0 Å². The van der Waals surface area contributed by atoms with E-state index in [1.165, 1.54) is 0 Å². The molecule has 0 saturated carbocycles. The maximum absolute atomic E-state index is 12.5. The fraction of sp³-hybridized carbons (Fsp3) is 0.176. The van der Waals surface area contributed by atoms with E-state index in [0.717, 1.165) is 16.6 Å². The summed E-state index contributed by atoms with van der Waals surface area (Å²) in [5.41, 5.74) is 3.67. The molecule has 0 aliphatic carbocycles. The van der Waals surface area contributed by atoms with Crippen LogP contribution in [-0.2, 0) is 13.6 Å². The smallest absolute Gasteiger partial charge is 0.253 e. The average Bonchev–Trinajstić information content (AvgIpc) is 2.88. The summed E-state index contributed by atoms with van der Waals surface area (Å²) < 4.78 is 1.92. The minimum Gasteiger partial charge on any atom is -0.337 e. The molecular formula is C17H17N3O. The van der Waals surface area contributed by atoms with Crippen LogP contribution in [0.15, 0.2) is 54.9 Å². The summed E-state index contributed by atoms with van der Waals surface area (Å²) in [7, 11) is 3.75. The number of hydrogen-bond donors (Lipinski definition) is 0. The van der Waals surface area contributed by atoms with Crippen molar-refractivity contribution in [3.05, 3.63) is 66.0 Å². The highest BCUT2D eigenvalue weighted by Crippen LogP contribution is 2.16. The summed E-state index contributed by atoms with van der Waals surface area (Å²) in [5, 5.41) is 0. The minimum atomic E-state index is 0.0157. The molecule has 1 aromatic heterocycles. The molecule has 0 aliphatic rings. The van der Waals surface area contributed by atoms with E-state index in [1.54, 1.807) is 11.2 Å². The maximum Gasteiger partial charge on any atom is 0.253 e. The van der Waals surface area contributed by atoms with Gasteiger partial charge in [-0.15, -0.1) is 0 Å². The average molecular weight is 279 g/mol. The Morgan fingerprint density at radius 3 is 2.71 bits per heavy atom. The normalized spacial score (nSPS) is 10.8. The SMILES string of the molecule is CN(Cc1ccccc1)C(=O)c1ccc2ncn(C)c2c1. The Morgan fingerprint density at radius 1 is 1.19 bits per heavy atom. The van der Waals surface area contributed by atoms with Crippen LogP contribution in [0.5, 0.6) is 0 Å². The summed E-state index contributed by atoms with van der Waals surface area (Å²) >= 11 is 0. The van der Waals surface area contributed by atoms with Gasteiger partial charge in [0.2, 0.25) is 0 Å². The molecule has 4 nitrogen and oxygen atoms in total. The zero-order valence-corrected chi connectivity index (χ0v) is 12.2. The van der Waals surface area contributed by atoms with E-state index in [9.17, 15) is 4.79 Å². The number of fused-ring (bicyclic) bond motifs is 1.